The van der Waals surface area contributed by atoms with Gasteiger partial charge in [0.15, 0.2) is 0 Å². The summed E-state index contributed by atoms with van der Waals surface area (Å²) < 4.78 is 5.29. The Hall–Kier alpha value is -0.770. The number of hydrogen-bond acceptors (Lipinski definition) is 3. The average Bonchev–Trinajstić information content (AvgIpc) is 2.68. The first-order valence-electron chi connectivity index (χ1n) is 7.00. The van der Waals surface area contributed by atoms with Crippen LogP contribution in [0, 0.1) is 5.92 Å². The number of ether oxygens (including phenoxy) is 1. The van der Waals surface area contributed by atoms with Gasteiger partial charge >= 0.3 is 6.09 Å². The van der Waals surface area contributed by atoms with E-state index >= 15 is 0 Å². The summed E-state index contributed by atoms with van der Waals surface area (Å²) in [6, 6.07) is 0.424. The minimum atomic E-state index is -0.438. The first kappa shape index (κ1) is 15.3. The van der Waals surface area contributed by atoms with Crippen LogP contribution in [0.4, 0.5) is 4.79 Å². The molecule has 0 spiro atoms. The highest BCUT2D eigenvalue weighted by molar-refractivity contribution is 5.68. The van der Waals surface area contributed by atoms with Gasteiger partial charge in [-0.2, -0.15) is 0 Å². The Morgan fingerprint density at radius 1 is 1.28 bits per heavy atom. The molecule has 2 N–H and O–H groups in total. The van der Waals surface area contributed by atoms with Crippen LogP contribution in [0.25, 0.3) is 0 Å². The van der Waals surface area contributed by atoms with Crippen LogP contribution in [-0.4, -0.2) is 30.8 Å². The smallest absolute Gasteiger partial charge is 0.407 e. The molecule has 1 aliphatic rings. The van der Waals surface area contributed by atoms with E-state index in [1.54, 1.807) is 0 Å². The summed E-state index contributed by atoms with van der Waals surface area (Å²) >= 11 is 0. The van der Waals surface area contributed by atoms with Gasteiger partial charge in [-0.3, -0.25) is 0 Å². The van der Waals surface area contributed by atoms with Crippen molar-refractivity contribution in [3.8, 4) is 0 Å². The van der Waals surface area contributed by atoms with E-state index in [9.17, 15) is 4.79 Å². The molecule has 1 fully saturated rings. The van der Waals surface area contributed by atoms with E-state index in [0.29, 0.717) is 12.0 Å². The number of carbonyl (C=O) groups is 1. The van der Waals surface area contributed by atoms with Gasteiger partial charge in [-0.1, -0.05) is 12.8 Å². The van der Waals surface area contributed by atoms with E-state index in [-0.39, 0.29) is 12.1 Å². The zero-order chi connectivity index (χ0) is 13.8. The van der Waals surface area contributed by atoms with Crippen LogP contribution in [-0.2, 0) is 4.74 Å². The molecule has 2 atom stereocenters. The Kier molecular flexibility index (Phi) is 5.45. The van der Waals surface area contributed by atoms with Gasteiger partial charge in [-0.25, -0.2) is 4.79 Å². The number of amides is 1. The Morgan fingerprint density at radius 2 is 1.83 bits per heavy atom. The summed E-state index contributed by atoms with van der Waals surface area (Å²) in [5.41, 5.74) is -0.438. The summed E-state index contributed by atoms with van der Waals surface area (Å²) in [6.07, 6.45) is 4.80. The maximum atomic E-state index is 11.7. The molecule has 1 amide bonds. The summed E-state index contributed by atoms with van der Waals surface area (Å²) in [5.74, 6) is 0.667. The molecule has 0 saturated heterocycles. The van der Waals surface area contributed by atoms with Crippen molar-refractivity contribution in [2.24, 2.45) is 5.92 Å². The lowest BCUT2D eigenvalue weighted by Crippen LogP contribution is -2.51. The molecule has 0 heterocycles. The molecule has 0 radical (unpaired) electrons. The van der Waals surface area contributed by atoms with Crippen molar-refractivity contribution in [2.75, 3.05) is 7.05 Å². The third kappa shape index (κ3) is 4.84. The van der Waals surface area contributed by atoms with E-state index in [4.69, 9.17) is 4.74 Å². The molecular formula is C14H28N2O2. The number of nitrogens with one attached hydrogen (secondary N) is 2. The van der Waals surface area contributed by atoms with Crippen LogP contribution in [0.15, 0.2) is 0 Å². The SMILES string of the molecule is CNC(C1CCCC1)C(C)NC(=O)OC(C)(C)C. The number of alkyl carbamates (subject to hydrolysis) is 1. The fourth-order valence-corrected chi connectivity index (χ4v) is 2.79. The second-order valence-electron chi connectivity index (χ2n) is 6.29. The summed E-state index contributed by atoms with van der Waals surface area (Å²) in [6.45, 7) is 7.68. The monoisotopic (exact) mass is 256 g/mol. The van der Waals surface area contributed by atoms with E-state index in [1.165, 1.54) is 25.7 Å². The Bertz CT molecular complexity index is 267. The van der Waals surface area contributed by atoms with Crippen LogP contribution in [0.2, 0.25) is 0 Å². The zero-order valence-electron chi connectivity index (χ0n) is 12.4. The van der Waals surface area contributed by atoms with Gasteiger partial charge in [-0.05, 0) is 53.5 Å². The summed E-state index contributed by atoms with van der Waals surface area (Å²) in [4.78, 5) is 11.7. The second kappa shape index (κ2) is 6.41. The molecule has 106 valence electrons. The van der Waals surface area contributed by atoms with Gasteiger partial charge in [0, 0.05) is 12.1 Å². The molecular weight excluding hydrogens is 228 g/mol. The molecule has 1 rings (SSSR count). The maximum Gasteiger partial charge on any atom is 0.407 e. The van der Waals surface area contributed by atoms with Crippen molar-refractivity contribution >= 4 is 6.09 Å². The highest BCUT2D eigenvalue weighted by atomic mass is 16.6. The second-order valence-corrected chi connectivity index (χ2v) is 6.29. The minimum Gasteiger partial charge on any atom is -0.444 e. The van der Waals surface area contributed by atoms with Gasteiger partial charge in [0.05, 0.1) is 0 Å². The molecule has 4 nitrogen and oxygen atoms in total. The standard InChI is InChI=1S/C14H28N2O2/c1-10(16-13(17)18-14(2,3)4)12(15-5)11-8-6-7-9-11/h10-12,15H,6-9H2,1-5H3,(H,16,17). The third-order valence-electron chi connectivity index (χ3n) is 3.52. The molecule has 0 aromatic carbocycles. The van der Waals surface area contributed by atoms with Crippen LogP contribution in [0.1, 0.15) is 53.4 Å². The van der Waals surface area contributed by atoms with Crippen LogP contribution in [0.5, 0.6) is 0 Å². The van der Waals surface area contributed by atoms with Crippen molar-refractivity contribution in [1.29, 1.82) is 0 Å². The molecule has 0 aliphatic heterocycles. The molecule has 0 bridgehead atoms. The number of rotatable bonds is 4. The average molecular weight is 256 g/mol. The molecule has 4 heteroatoms. The van der Waals surface area contributed by atoms with E-state index in [2.05, 4.69) is 10.6 Å². The first-order valence-corrected chi connectivity index (χ1v) is 7.00. The van der Waals surface area contributed by atoms with Crippen molar-refractivity contribution in [3.05, 3.63) is 0 Å². The van der Waals surface area contributed by atoms with Gasteiger partial charge in [0.2, 0.25) is 0 Å². The van der Waals surface area contributed by atoms with Crippen molar-refractivity contribution in [1.82, 2.24) is 10.6 Å². The summed E-state index contributed by atoms with van der Waals surface area (Å²) in [5, 5.41) is 6.28. The van der Waals surface area contributed by atoms with Crippen LogP contribution in [0.3, 0.4) is 0 Å². The highest BCUT2D eigenvalue weighted by Gasteiger charge is 2.29. The van der Waals surface area contributed by atoms with E-state index < -0.39 is 5.60 Å². The third-order valence-corrected chi connectivity index (χ3v) is 3.52. The van der Waals surface area contributed by atoms with E-state index in [1.807, 2.05) is 34.7 Å². The zero-order valence-corrected chi connectivity index (χ0v) is 12.4. The quantitative estimate of drug-likeness (QED) is 0.813. The van der Waals surface area contributed by atoms with Crippen molar-refractivity contribution in [2.45, 2.75) is 71.1 Å². The van der Waals surface area contributed by atoms with Crippen LogP contribution >= 0.6 is 0 Å². The molecule has 1 saturated carbocycles. The lowest BCUT2D eigenvalue weighted by Gasteiger charge is -2.30. The van der Waals surface area contributed by atoms with Gasteiger partial charge < -0.3 is 15.4 Å². The van der Waals surface area contributed by atoms with Crippen molar-refractivity contribution in [3.63, 3.8) is 0 Å². The van der Waals surface area contributed by atoms with E-state index in [0.717, 1.165) is 0 Å². The molecule has 0 aromatic heterocycles. The fourth-order valence-electron chi connectivity index (χ4n) is 2.79. The fraction of sp³-hybridized carbons (Fsp3) is 0.929. The van der Waals surface area contributed by atoms with Crippen LogP contribution < -0.4 is 10.6 Å². The predicted octanol–water partition coefficient (Wildman–Crippen LogP) is 2.68. The molecule has 2 unspecified atom stereocenters. The maximum absolute atomic E-state index is 11.7. The summed E-state index contributed by atoms with van der Waals surface area (Å²) in [7, 11) is 1.97. The normalized spacial score (nSPS) is 20.5. The largest absolute Gasteiger partial charge is 0.444 e. The predicted molar refractivity (Wildman–Crippen MR) is 73.6 cm³/mol. The Morgan fingerprint density at radius 3 is 2.28 bits per heavy atom. The number of carbonyl (C=O) groups excluding carboxylic acids is 1. The first-order chi connectivity index (χ1) is 8.33. The Balaban J connectivity index is 2.46. The molecule has 0 aromatic rings. The minimum absolute atomic E-state index is 0.0907. The number of likely N-dealkylation sites (N-methyl/N-ethyl adjacent to an activating group) is 1. The highest BCUT2D eigenvalue weighted by Crippen LogP contribution is 2.28. The lowest BCUT2D eigenvalue weighted by atomic mass is 9.93. The molecule has 1 aliphatic carbocycles. The lowest BCUT2D eigenvalue weighted by molar-refractivity contribution is 0.0491. The van der Waals surface area contributed by atoms with Gasteiger partial charge in [-0.15, -0.1) is 0 Å². The Labute approximate surface area is 111 Å². The van der Waals surface area contributed by atoms with Gasteiger partial charge in [0.1, 0.15) is 5.60 Å². The van der Waals surface area contributed by atoms with Crippen molar-refractivity contribution < 1.29 is 9.53 Å². The number of hydrogen-bond donors (Lipinski definition) is 2. The molecule has 18 heavy (non-hydrogen) atoms. The topological polar surface area (TPSA) is 50.4 Å². The van der Waals surface area contributed by atoms with Gasteiger partial charge in [0.25, 0.3) is 0 Å².